The van der Waals surface area contributed by atoms with Crippen molar-refractivity contribution in [1.29, 1.82) is 0 Å². The van der Waals surface area contributed by atoms with Crippen LogP contribution in [0.25, 0.3) is 0 Å². The molecule has 0 aliphatic carbocycles. The lowest BCUT2D eigenvalue weighted by atomic mass is 10.0. The number of nitro groups is 1. The van der Waals surface area contributed by atoms with Gasteiger partial charge >= 0.3 is 5.69 Å². The maximum absolute atomic E-state index is 13.2. The van der Waals surface area contributed by atoms with Gasteiger partial charge < -0.3 is 21.1 Å². The Labute approximate surface area is 101 Å². The molecule has 0 radical (unpaired) electrons. The van der Waals surface area contributed by atoms with Crippen LogP contribution in [0.3, 0.4) is 0 Å². The Morgan fingerprint density at radius 2 is 2.06 bits per heavy atom. The van der Waals surface area contributed by atoms with Crippen LogP contribution in [0, 0.1) is 15.9 Å². The molecule has 0 saturated heterocycles. The number of halogens is 1. The van der Waals surface area contributed by atoms with Crippen molar-refractivity contribution in [2.45, 2.75) is 18.6 Å². The molecule has 7 nitrogen and oxygen atoms in total. The number of aliphatic hydroxyl groups is 2. The fourth-order valence-electron chi connectivity index (χ4n) is 1.47. The number of phenols is 1. The van der Waals surface area contributed by atoms with Crippen molar-refractivity contribution in [3.63, 3.8) is 0 Å². The molecule has 2 atom stereocenters. The zero-order valence-electron chi connectivity index (χ0n) is 9.28. The van der Waals surface area contributed by atoms with Crippen LogP contribution >= 0.6 is 0 Å². The second kappa shape index (κ2) is 5.71. The Morgan fingerprint density at radius 3 is 2.56 bits per heavy atom. The van der Waals surface area contributed by atoms with Crippen LogP contribution < -0.4 is 5.73 Å². The predicted molar refractivity (Wildman–Crippen MR) is 59.4 cm³/mol. The van der Waals surface area contributed by atoms with E-state index >= 15 is 0 Å². The van der Waals surface area contributed by atoms with Gasteiger partial charge in [-0.3, -0.25) is 10.1 Å². The van der Waals surface area contributed by atoms with Crippen LogP contribution in [0.1, 0.15) is 18.1 Å². The Kier molecular flexibility index (Phi) is 4.54. The minimum absolute atomic E-state index is 0.0530. The van der Waals surface area contributed by atoms with E-state index in [1.54, 1.807) is 0 Å². The van der Waals surface area contributed by atoms with Gasteiger partial charge in [0.2, 0.25) is 5.75 Å². The summed E-state index contributed by atoms with van der Waals surface area (Å²) >= 11 is 0. The molecule has 0 aromatic heterocycles. The maximum atomic E-state index is 13.2. The summed E-state index contributed by atoms with van der Waals surface area (Å²) in [6, 6.07) is 1.54. The molecule has 0 saturated carbocycles. The van der Waals surface area contributed by atoms with Crippen LogP contribution in [0.5, 0.6) is 5.75 Å². The van der Waals surface area contributed by atoms with Gasteiger partial charge in [0.15, 0.2) is 5.82 Å². The predicted octanol–water partition coefficient (Wildman–Crippen LogP) is 0.183. The van der Waals surface area contributed by atoms with Gasteiger partial charge in [-0.05, 0) is 24.6 Å². The van der Waals surface area contributed by atoms with Gasteiger partial charge in [0.05, 0.1) is 11.0 Å². The van der Waals surface area contributed by atoms with Crippen molar-refractivity contribution >= 4 is 5.69 Å². The number of nitrogens with zero attached hydrogens (tertiary/aromatic N) is 1. The summed E-state index contributed by atoms with van der Waals surface area (Å²) in [4.78, 5) is 9.58. The fraction of sp³-hybridized carbons (Fsp3) is 0.400. The second-order valence-electron chi connectivity index (χ2n) is 3.72. The number of nitrogens with two attached hydrogens (primary N) is 1. The highest BCUT2D eigenvalue weighted by molar-refractivity contribution is 5.49. The van der Waals surface area contributed by atoms with E-state index in [9.17, 15) is 24.7 Å². The molecule has 0 amide bonds. The third-order valence-corrected chi connectivity index (χ3v) is 2.43. The first kappa shape index (κ1) is 14.3. The molecule has 100 valence electrons. The smallest absolute Gasteiger partial charge is 0.314 e. The standard InChI is InChI=1S/C10H13FN2O5/c11-6-3-5(9(15)8(14)1-2-12)4-7(10(6)16)13(17)18/h3-4,8-9,14-16H,1-2,12H2. The third-order valence-electron chi connectivity index (χ3n) is 2.43. The van der Waals surface area contributed by atoms with E-state index in [1.807, 2.05) is 0 Å². The Balaban J connectivity index is 3.14. The van der Waals surface area contributed by atoms with E-state index in [4.69, 9.17) is 10.8 Å². The molecule has 18 heavy (non-hydrogen) atoms. The quantitative estimate of drug-likeness (QED) is 0.441. The molecule has 0 bridgehead atoms. The van der Waals surface area contributed by atoms with Gasteiger partial charge in [-0.2, -0.15) is 0 Å². The summed E-state index contributed by atoms with van der Waals surface area (Å²) in [6.45, 7) is 0.0981. The summed E-state index contributed by atoms with van der Waals surface area (Å²) in [6.07, 6.45) is -2.72. The first-order valence-electron chi connectivity index (χ1n) is 5.11. The number of phenolic OH excluding ortho intramolecular Hbond substituents is 1. The molecule has 0 fully saturated rings. The average molecular weight is 260 g/mol. The summed E-state index contributed by atoms with van der Waals surface area (Å²) in [5.74, 6) is -2.34. The summed E-state index contributed by atoms with van der Waals surface area (Å²) in [5, 5.41) is 38.8. The van der Waals surface area contributed by atoms with Gasteiger partial charge in [0.1, 0.15) is 6.10 Å². The van der Waals surface area contributed by atoms with Gasteiger partial charge in [-0.1, -0.05) is 0 Å². The molecule has 0 heterocycles. The van der Waals surface area contributed by atoms with E-state index in [2.05, 4.69) is 0 Å². The average Bonchev–Trinajstić information content (AvgIpc) is 2.31. The molecule has 1 rings (SSSR count). The largest absolute Gasteiger partial charge is 0.500 e. The number of nitro benzene ring substituents is 1. The highest BCUT2D eigenvalue weighted by Crippen LogP contribution is 2.33. The van der Waals surface area contributed by atoms with Gasteiger partial charge in [-0.25, -0.2) is 4.39 Å². The zero-order valence-corrected chi connectivity index (χ0v) is 9.28. The monoisotopic (exact) mass is 260 g/mol. The molecule has 1 aromatic rings. The lowest BCUT2D eigenvalue weighted by molar-refractivity contribution is -0.386. The number of hydrogen-bond donors (Lipinski definition) is 4. The molecular formula is C10H13FN2O5. The number of rotatable bonds is 5. The highest BCUT2D eigenvalue weighted by Gasteiger charge is 2.25. The SMILES string of the molecule is NCCC(O)C(O)c1cc(F)c(O)c([N+](=O)[O-])c1. The van der Waals surface area contributed by atoms with Crippen LogP contribution in [0.4, 0.5) is 10.1 Å². The fourth-order valence-corrected chi connectivity index (χ4v) is 1.47. The minimum Gasteiger partial charge on any atom is -0.500 e. The lowest BCUT2D eigenvalue weighted by Crippen LogP contribution is -2.22. The lowest BCUT2D eigenvalue weighted by Gasteiger charge is -2.17. The number of aromatic hydroxyl groups is 1. The first-order valence-corrected chi connectivity index (χ1v) is 5.11. The van der Waals surface area contributed by atoms with E-state index in [0.29, 0.717) is 0 Å². The minimum atomic E-state index is -1.51. The molecule has 1 aromatic carbocycles. The van der Waals surface area contributed by atoms with Crippen LogP contribution in [-0.4, -0.2) is 32.9 Å². The number of hydrogen-bond acceptors (Lipinski definition) is 6. The third kappa shape index (κ3) is 2.92. The van der Waals surface area contributed by atoms with E-state index in [0.717, 1.165) is 12.1 Å². The second-order valence-corrected chi connectivity index (χ2v) is 3.72. The van der Waals surface area contributed by atoms with E-state index in [-0.39, 0.29) is 18.5 Å². The zero-order chi connectivity index (χ0) is 13.9. The van der Waals surface area contributed by atoms with Gasteiger partial charge in [0, 0.05) is 6.07 Å². The van der Waals surface area contributed by atoms with Crippen molar-refractivity contribution in [3.05, 3.63) is 33.6 Å². The molecular weight excluding hydrogens is 247 g/mol. The Morgan fingerprint density at radius 1 is 1.44 bits per heavy atom. The van der Waals surface area contributed by atoms with Gasteiger partial charge in [-0.15, -0.1) is 0 Å². The number of benzene rings is 1. The summed E-state index contributed by atoms with van der Waals surface area (Å²) in [7, 11) is 0. The first-order chi connectivity index (χ1) is 8.38. The molecule has 5 N–H and O–H groups in total. The summed E-state index contributed by atoms with van der Waals surface area (Å²) < 4.78 is 13.2. The van der Waals surface area contributed by atoms with E-state index < -0.39 is 34.4 Å². The van der Waals surface area contributed by atoms with Crippen molar-refractivity contribution in [3.8, 4) is 5.75 Å². The highest BCUT2D eigenvalue weighted by atomic mass is 19.1. The van der Waals surface area contributed by atoms with Gasteiger partial charge in [0.25, 0.3) is 0 Å². The normalized spacial score (nSPS) is 14.2. The molecule has 0 aliphatic heterocycles. The molecule has 0 aliphatic rings. The number of aliphatic hydroxyl groups excluding tert-OH is 2. The van der Waals surface area contributed by atoms with Crippen LogP contribution in [0.2, 0.25) is 0 Å². The molecule has 8 heteroatoms. The Bertz CT molecular complexity index is 454. The topological polar surface area (TPSA) is 130 Å². The van der Waals surface area contributed by atoms with Crippen molar-refractivity contribution in [2.75, 3.05) is 6.54 Å². The molecule has 0 spiro atoms. The molecule has 2 unspecified atom stereocenters. The van der Waals surface area contributed by atoms with Crippen molar-refractivity contribution in [1.82, 2.24) is 0 Å². The maximum Gasteiger partial charge on any atom is 0.314 e. The van der Waals surface area contributed by atoms with Crippen LogP contribution in [-0.2, 0) is 0 Å². The van der Waals surface area contributed by atoms with E-state index in [1.165, 1.54) is 0 Å². The Hall–Kier alpha value is -1.77. The van der Waals surface area contributed by atoms with Crippen molar-refractivity contribution < 1.29 is 24.6 Å². The summed E-state index contributed by atoms with van der Waals surface area (Å²) in [5.41, 5.74) is 4.12. The van der Waals surface area contributed by atoms with Crippen molar-refractivity contribution in [2.24, 2.45) is 5.73 Å². The van der Waals surface area contributed by atoms with Crippen LogP contribution in [0.15, 0.2) is 12.1 Å².